The Morgan fingerprint density at radius 2 is 2.22 bits per heavy atom. The van der Waals surface area contributed by atoms with Crippen molar-refractivity contribution in [3.63, 3.8) is 0 Å². The van der Waals surface area contributed by atoms with Gasteiger partial charge in [0.25, 0.3) is 0 Å². The highest BCUT2D eigenvalue weighted by Gasteiger charge is 2.09. The van der Waals surface area contributed by atoms with Crippen molar-refractivity contribution >= 4 is 33.2 Å². The molecule has 0 aromatic carbocycles. The largest absolute Gasteiger partial charge is 0.358 e. The number of allylic oxidation sites excluding steroid dienone is 1. The molecule has 1 heterocycles. The molecule has 1 unspecified atom stereocenters. The monoisotopic (exact) mass is 353 g/mol. The molecule has 5 heteroatoms. The Bertz CT molecular complexity index is 551. The molecule has 23 heavy (non-hydrogen) atoms. The first kappa shape index (κ1) is 20.2. The minimum atomic E-state index is 0.0471. The normalized spacial score (nSPS) is 15.5. The predicted octanol–water partition coefficient (Wildman–Crippen LogP) is 5.37. The Hall–Kier alpha value is -0.830. The molecule has 3 atom stereocenters. The molecule has 1 rings (SSSR count). The molecule has 0 amide bonds. The molecule has 128 valence electrons. The molecule has 0 fully saturated rings. The number of hydrogen-bond acceptors (Lipinski definition) is 4. The molecular formula is C18H28NO2PS. The predicted molar refractivity (Wildman–Crippen MR) is 103 cm³/mol. The summed E-state index contributed by atoms with van der Waals surface area (Å²) in [6.45, 7) is 8.21. The Morgan fingerprint density at radius 1 is 1.48 bits per heavy atom. The second-order valence-corrected chi connectivity index (χ2v) is 7.43. The van der Waals surface area contributed by atoms with Gasteiger partial charge < -0.3 is 9.32 Å². The first-order valence-corrected chi connectivity index (χ1v) is 9.38. The van der Waals surface area contributed by atoms with Crippen LogP contribution in [0.4, 0.5) is 0 Å². The highest BCUT2D eigenvalue weighted by atomic mass is 32.1. The third-order valence-corrected chi connectivity index (χ3v) is 4.95. The van der Waals surface area contributed by atoms with Crippen LogP contribution in [0.3, 0.4) is 0 Å². The van der Waals surface area contributed by atoms with Crippen LogP contribution in [0.2, 0.25) is 0 Å². The number of aromatic nitrogens is 1. The first-order valence-electron chi connectivity index (χ1n) is 8.03. The summed E-state index contributed by atoms with van der Waals surface area (Å²) in [5.41, 5.74) is 3.52. The molecule has 3 nitrogen and oxygen atoms in total. The molecule has 0 aliphatic rings. The smallest absolute Gasteiger partial charge is 0.122 e. The number of aldehydes is 1. The Morgan fingerprint density at radius 3 is 2.78 bits per heavy atom. The molecule has 0 radical (unpaired) electrons. The Kier molecular flexibility index (Phi) is 9.54. The highest BCUT2D eigenvalue weighted by molar-refractivity contribution is 7.10. The van der Waals surface area contributed by atoms with E-state index in [1.54, 1.807) is 11.3 Å². The maximum absolute atomic E-state index is 10.6. The minimum Gasteiger partial charge on any atom is -0.358 e. The Labute approximate surface area is 146 Å². The van der Waals surface area contributed by atoms with Gasteiger partial charge in [-0.3, -0.25) is 0 Å². The maximum Gasteiger partial charge on any atom is 0.122 e. The fourth-order valence-electron chi connectivity index (χ4n) is 2.30. The van der Waals surface area contributed by atoms with Crippen molar-refractivity contribution in [2.24, 2.45) is 5.92 Å². The van der Waals surface area contributed by atoms with Crippen LogP contribution < -0.4 is 0 Å². The second kappa shape index (κ2) is 10.9. The lowest BCUT2D eigenvalue weighted by Crippen LogP contribution is -2.08. The van der Waals surface area contributed by atoms with Crippen molar-refractivity contribution in [1.29, 1.82) is 0 Å². The van der Waals surface area contributed by atoms with Crippen molar-refractivity contribution in [2.45, 2.75) is 59.5 Å². The first-order chi connectivity index (χ1) is 11.0. The number of carbonyl (C=O) groups is 1. The van der Waals surface area contributed by atoms with E-state index in [4.69, 9.17) is 4.52 Å². The number of thiazole rings is 1. The van der Waals surface area contributed by atoms with Crippen LogP contribution in [-0.4, -0.2) is 17.4 Å². The van der Waals surface area contributed by atoms with Gasteiger partial charge in [0.05, 0.1) is 16.8 Å². The number of carbonyl (C=O) groups excluding carboxylic acids is 1. The summed E-state index contributed by atoms with van der Waals surface area (Å²) in [5, 5.41) is 3.14. The molecule has 0 aliphatic heterocycles. The van der Waals surface area contributed by atoms with Crippen molar-refractivity contribution in [3.8, 4) is 0 Å². The van der Waals surface area contributed by atoms with E-state index in [1.807, 2.05) is 13.8 Å². The Balaban J connectivity index is 2.52. The van der Waals surface area contributed by atoms with E-state index in [0.717, 1.165) is 42.7 Å². The van der Waals surface area contributed by atoms with Crippen LogP contribution in [0.5, 0.6) is 0 Å². The van der Waals surface area contributed by atoms with Crippen molar-refractivity contribution in [3.05, 3.63) is 33.3 Å². The van der Waals surface area contributed by atoms with Gasteiger partial charge in [-0.05, 0) is 58.1 Å². The van der Waals surface area contributed by atoms with E-state index >= 15 is 0 Å². The lowest BCUT2D eigenvalue weighted by atomic mass is 10.0. The molecular weight excluding hydrogens is 325 g/mol. The molecule has 0 N–H and O–H groups in total. The zero-order valence-corrected chi connectivity index (χ0v) is 16.5. The lowest BCUT2D eigenvalue weighted by molar-refractivity contribution is -0.110. The summed E-state index contributed by atoms with van der Waals surface area (Å²) >= 11 is 1.66. The molecule has 0 saturated heterocycles. The molecule has 0 spiro atoms. The van der Waals surface area contributed by atoms with Gasteiger partial charge in [-0.1, -0.05) is 18.6 Å². The van der Waals surface area contributed by atoms with E-state index in [0.29, 0.717) is 0 Å². The molecule has 0 bridgehead atoms. The quantitative estimate of drug-likeness (QED) is 0.322. The molecule has 1 aromatic rings. The number of rotatable bonds is 10. The highest BCUT2D eigenvalue weighted by Crippen LogP contribution is 2.20. The van der Waals surface area contributed by atoms with Crippen molar-refractivity contribution in [2.75, 3.05) is 0 Å². The van der Waals surface area contributed by atoms with Crippen molar-refractivity contribution < 1.29 is 9.32 Å². The molecule has 0 saturated carbocycles. The number of aryl methyl sites for hydroxylation is 1. The summed E-state index contributed by atoms with van der Waals surface area (Å²) in [6, 6.07) is 0. The van der Waals surface area contributed by atoms with Gasteiger partial charge >= 0.3 is 0 Å². The average molecular weight is 353 g/mol. The van der Waals surface area contributed by atoms with Gasteiger partial charge in [-0.2, -0.15) is 0 Å². The lowest BCUT2D eigenvalue weighted by Gasteiger charge is -2.14. The molecule has 0 aliphatic carbocycles. The third kappa shape index (κ3) is 8.01. The van der Waals surface area contributed by atoms with Crippen LogP contribution in [-0.2, 0) is 9.32 Å². The van der Waals surface area contributed by atoms with Crippen LogP contribution >= 0.6 is 20.8 Å². The zero-order chi connectivity index (χ0) is 17.2. The number of nitrogens with zero attached hydrogens (tertiary/aromatic N) is 1. The van der Waals surface area contributed by atoms with Crippen LogP contribution in [0, 0.1) is 12.8 Å². The van der Waals surface area contributed by atoms with E-state index in [2.05, 4.69) is 45.8 Å². The van der Waals surface area contributed by atoms with Crippen LogP contribution in [0.1, 0.15) is 57.2 Å². The summed E-state index contributed by atoms with van der Waals surface area (Å²) in [4.78, 5) is 15.1. The maximum atomic E-state index is 10.6. The van der Waals surface area contributed by atoms with Gasteiger partial charge in [-0.15, -0.1) is 11.3 Å². The summed E-state index contributed by atoms with van der Waals surface area (Å²) in [5.74, 6) is 0.165. The van der Waals surface area contributed by atoms with Gasteiger partial charge in [0.1, 0.15) is 6.29 Å². The van der Waals surface area contributed by atoms with E-state index in [1.165, 1.54) is 11.1 Å². The average Bonchev–Trinajstić information content (AvgIpc) is 2.92. The zero-order valence-electron chi connectivity index (χ0n) is 14.5. The number of hydrogen-bond donors (Lipinski definition) is 0. The van der Waals surface area contributed by atoms with E-state index < -0.39 is 0 Å². The summed E-state index contributed by atoms with van der Waals surface area (Å²) < 4.78 is 5.53. The van der Waals surface area contributed by atoms with E-state index in [-0.39, 0.29) is 12.0 Å². The van der Waals surface area contributed by atoms with Crippen molar-refractivity contribution in [1.82, 2.24) is 4.98 Å². The van der Waals surface area contributed by atoms with Gasteiger partial charge in [0.15, 0.2) is 0 Å². The van der Waals surface area contributed by atoms with E-state index in [9.17, 15) is 4.79 Å². The standard InChI is InChI=1S/C18H28NO2PS/c1-13(6-5-7-14(2)11-20)8-9-18(21-22)15(3)10-17-12-23-16(4)19-17/h8,10-12,14,18H,5-7,9,22H2,1-4H3/b13-8-,15-10+/t14-,18+/m0/s1. The minimum absolute atomic E-state index is 0.0471. The van der Waals surface area contributed by atoms with Gasteiger partial charge in [-0.25, -0.2) is 4.98 Å². The molecule has 1 aromatic heterocycles. The SMILES string of the molecule is C/C(=C/C[C@@H](OP)/C(C)=C/c1csc(C)n1)CCC[C@H](C)C=O. The van der Waals surface area contributed by atoms with Crippen LogP contribution in [0.15, 0.2) is 22.6 Å². The summed E-state index contributed by atoms with van der Waals surface area (Å²) in [6.07, 6.45) is 9.32. The van der Waals surface area contributed by atoms with Gasteiger partial charge in [0.2, 0.25) is 0 Å². The van der Waals surface area contributed by atoms with Gasteiger partial charge in [0, 0.05) is 20.8 Å². The summed E-state index contributed by atoms with van der Waals surface area (Å²) in [7, 11) is 2.37. The third-order valence-electron chi connectivity index (χ3n) is 3.83. The topological polar surface area (TPSA) is 39.2 Å². The van der Waals surface area contributed by atoms with Crippen LogP contribution in [0.25, 0.3) is 6.08 Å². The second-order valence-electron chi connectivity index (χ2n) is 6.10. The fraction of sp³-hybridized carbons (Fsp3) is 0.556. The fourth-order valence-corrected chi connectivity index (χ4v) is 3.20.